The summed E-state index contributed by atoms with van der Waals surface area (Å²) >= 11 is 0. The summed E-state index contributed by atoms with van der Waals surface area (Å²) in [6.07, 6.45) is 7.79. The molecule has 1 fully saturated rings. The quantitative estimate of drug-likeness (QED) is 0.794. The van der Waals surface area contributed by atoms with Crippen LogP contribution in [0, 0.1) is 0 Å². The van der Waals surface area contributed by atoms with Gasteiger partial charge in [-0.3, -0.25) is 4.98 Å². The minimum Gasteiger partial charge on any atom is -0.361 e. The highest BCUT2D eigenvalue weighted by atomic mass is 15.1. The van der Waals surface area contributed by atoms with E-state index in [0.717, 1.165) is 12.1 Å². The van der Waals surface area contributed by atoms with Crippen molar-refractivity contribution in [3.8, 4) is 11.3 Å². The highest BCUT2D eigenvalue weighted by Gasteiger charge is 2.22. The number of aromatic nitrogens is 2. The number of benzene rings is 1. The van der Waals surface area contributed by atoms with Crippen molar-refractivity contribution in [2.45, 2.75) is 25.3 Å². The summed E-state index contributed by atoms with van der Waals surface area (Å²) in [6, 6.07) is 13.3. The van der Waals surface area contributed by atoms with Crippen LogP contribution in [0.1, 0.15) is 18.4 Å². The number of H-pyrrole nitrogens is 1. The molecule has 0 saturated carbocycles. The zero-order valence-corrected chi connectivity index (χ0v) is 12.9. The number of likely N-dealkylation sites (tertiary alicyclic amines) is 1. The number of pyridine rings is 1. The van der Waals surface area contributed by atoms with Crippen LogP contribution in [0.15, 0.2) is 48.8 Å². The molecule has 1 aromatic carbocycles. The van der Waals surface area contributed by atoms with Crippen LogP contribution in [0.25, 0.3) is 22.2 Å². The van der Waals surface area contributed by atoms with E-state index in [2.05, 4.69) is 52.4 Å². The van der Waals surface area contributed by atoms with Crippen molar-refractivity contribution in [3.63, 3.8) is 0 Å². The van der Waals surface area contributed by atoms with Gasteiger partial charge >= 0.3 is 0 Å². The lowest BCUT2D eigenvalue weighted by Crippen LogP contribution is -2.26. The lowest BCUT2D eigenvalue weighted by atomic mass is 10.0. The van der Waals surface area contributed by atoms with E-state index in [-0.39, 0.29) is 0 Å². The largest absolute Gasteiger partial charge is 0.361 e. The van der Waals surface area contributed by atoms with Crippen molar-refractivity contribution in [2.24, 2.45) is 0 Å². The maximum Gasteiger partial charge on any atom is 0.0702 e. The first-order valence-electron chi connectivity index (χ1n) is 8.03. The minimum atomic E-state index is 0.678. The third-order valence-electron chi connectivity index (χ3n) is 4.86. The van der Waals surface area contributed by atoms with Crippen LogP contribution in [0.2, 0.25) is 0 Å². The van der Waals surface area contributed by atoms with Gasteiger partial charge in [-0.2, -0.15) is 0 Å². The molecule has 4 rings (SSSR count). The summed E-state index contributed by atoms with van der Waals surface area (Å²) in [7, 11) is 2.24. The van der Waals surface area contributed by atoms with Crippen molar-refractivity contribution in [2.75, 3.05) is 13.6 Å². The summed E-state index contributed by atoms with van der Waals surface area (Å²) in [4.78, 5) is 10.4. The summed E-state index contributed by atoms with van der Waals surface area (Å²) in [5, 5.41) is 1.34. The molecule has 0 bridgehead atoms. The zero-order valence-electron chi connectivity index (χ0n) is 12.9. The molecule has 1 atom stereocenters. The van der Waals surface area contributed by atoms with Crippen LogP contribution in [-0.2, 0) is 6.42 Å². The Balaban J connectivity index is 1.71. The lowest BCUT2D eigenvalue weighted by molar-refractivity contribution is 0.310. The van der Waals surface area contributed by atoms with E-state index in [1.165, 1.54) is 41.4 Å². The van der Waals surface area contributed by atoms with Crippen LogP contribution < -0.4 is 0 Å². The van der Waals surface area contributed by atoms with Crippen molar-refractivity contribution in [1.29, 1.82) is 0 Å². The SMILES string of the molecule is CN1CCC[C@@H]1Cc1c[nH]c2ccc(-c3ccccn3)cc12. The van der Waals surface area contributed by atoms with Crippen molar-refractivity contribution in [1.82, 2.24) is 14.9 Å². The predicted molar refractivity (Wildman–Crippen MR) is 90.9 cm³/mol. The molecule has 1 aliphatic heterocycles. The molecule has 0 amide bonds. The summed E-state index contributed by atoms with van der Waals surface area (Å²) < 4.78 is 0. The number of nitrogens with one attached hydrogen (secondary N) is 1. The predicted octanol–water partition coefficient (Wildman–Crippen LogP) is 3.87. The topological polar surface area (TPSA) is 31.9 Å². The Morgan fingerprint density at radius 2 is 2.23 bits per heavy atom. The molecule has 0 aliphatic carbocycles. The Hall–Kier alpha value is -2.13. The van der Waals surface area contributed by atoms with Gasteiger partial charge in [0, 0.05) is 34.9 Å². The van der Waals surface area contributed by atoms with Gasteiger partial charge in [-0.25, -0.2) is 0 Å². The second kappa shape index (κ2) is 5.58. The second-order valence-corrected chi connectivity index (χ2v) is 6.27. The molecule has 3 aromatic rings. The van der Waals surface area contributed by atoms with Crippen LogP contribution in [0.5, 0.6) is 0 Å². The molecule has 22 heavy (non-hydrogen) atoms. The highest BCUT2D eigenvalue weighted by molar-refractivity contribution is 5.87. The van der Waals surface area contributed by atoms with Crippen molar-refractivity contribution in [3.05, 3.63) is 54.4 Å². The van der Waals surface area contributed by atoms with Crippen LogP contribution in [-0.4, -0.2) is 34.5 Å². The second-order valence-electron chi connectivity index (χ2n) is 6.27. The molecule has 112 valence electrons. The fourth-order valence-electron chi connectivity index (χ4n) is 3.53. The van der Waals surface area contributed by atoms with E-state index in [4.69, 9.17) is 0 Å². The van der Waals surface area contributed by atoms with Crippen LogP contribution >= 0.6 is 0 Å². The molecule has 2 aromatic heterocycles. The monoisotopic (exact) mass is 291 g/mol. The number of nitrogens with zero attached hydrogens (tertiary/aromatic N) is 2. The number of hydrogen-bond acceptors (Lipinski definition) is 2. The van der Waals surface area contributed by atoms with Gasteiger partial charge < -0.3 is 9.88 Å². The Morgan fingerprint density at radius 1 is 1.27 bits per heavy atom. The molecule has 1 N–H and O–H groups in total. The van der Waals surface area contributed by atoms with E-state index >= 15 is 0 Å². The number of hydrogen-bond donors (Lipinski definition) is 1. The smallest absolute Gasteiger partial charge is 0.0702 e. The molecular weight excluding hydrogens is 270 g/mol. The van der Waals surface area contributed by atoms with Gasteiger partial charge in [-0.15, -0.1) is 0 Å². The summed E-state index contributed by atoms with van der Waals surface area (Å²) in [6.45, 7) is 1.23. The first kappa shape index (κ1) is 13.5. The van der Waals surface area contributed by atoms with Crippen LogP contribution in [0.4, 0.5) is 0 Å². The maximum absolute atomic E-state index is 4.47. The fourth-order valence-corrected chi connectivity index (χ4v) is 3.53. The fraction of sp³-hybridized carbons (Fsp3) is 0.316. The van der Waals surface area contributed by atoms with E-state index < -0.39 is 0 Å². The molecule has 1 aliphatic rings. The van der Waals surface area contributed by atoms with Gasteiger partial charge in [0.25, 0.3) is 0 Å². The first-order valence-corrected chi connectivity index (χ1v) is 8.03. The van der Waals surface area contributed by atoms with Gasteiger partial charge in [0.15, 0.2) is 0 Å². The number of likely N-dealkylation sites (N-methyl/N-ethyl adjacent to an activating group) is 1. The molecule has 0 unspecified atom stereocenters. The van der Waals surface area contributed by atoms with Crippen molar-refractivity contribution >= 4 is 10.9 Å². The van der Waals surface area contributed by atoms with E-state index in [1.54, 1.807) is 0 Å². The van der Waals surface area contributed by atoms with E-state index in [0.29, 0.717) is 6.04 Å². The Bertz CT molecular complexity index is 776. The van der Waals surface area contributed by atoms with E-state index in [9.17, 15) is 0 Å². The van der Waals surface area contributed by atoms with Crippen LogP contribution in [0.3, 0.4) is 0 Å². The summed E-state index contributed by atoms with van der Waals surface area (Å²) in [5.41, 5.74) is 4.87. The molecule has 0 radical (unpaired) electrons. The average molecular weight is 291 g/mol. The van der Waals surface area contributed by atoms with Gasteiger partial charge in [0.2, 0.25) is 0 Å². The Morgan fingerprint density at radius 3 is 3.00 bits per heavy atom. The third kappa shape index (κ3) is 2.42. The number of rotatable bonds is 3. The zero-order chi connectivity index (χ0) is 14.9. The molecule has 3 heteroatoms. The van der Waals surface area contributed by atoms with Gasteiger partial charge in [-0.05, 0) is 62.7 Å². The van der Waals surface area contributed by atoms with Gasteiger partial charge in [-0.1, -0.05) is 12.1 Å². The molecule has 0 spiro atoms. The van der Waals surface area contributed by atoms with Gasteiger partial charge in [0.1, 0.15) is 0 Å². The average Bonchev–Trinajstić information content (AvgIpc) is 3.15. The molecule has 3 nitrogen and oxygen atoms in total. The highest BCUT2D eigenvalue weighted by Crippen LogP contribution is 2.28. The normalized spacial score (nSPS) is 19.0. The lowest BCUT2D eigenvalue weighted by Gasteiger charge is -2.18. The van der Waals surface area contributed by atoms with Crippen molar-refractivity contribution < 1.29 is 0 Å². The first-order chi connectivity index (χ1) is 10.8. The van der Waals surface area contributed by atoms with E-state index in [1.807, 2.05) is 18.3 Å². The molecule has 3 heterocycles. The standard InChI is InChI=1S/C19H21N3/c1-22-10-4-5-16(22)11-15-13-21-19-8-7-14(12-17(15)19)18-6-2-3-9-20-18/h2-3,6-9,12-13,16,21H,4-5,10-11H2,1H3/t16-/m1/s1. The van der Waals surface area contributed by atoms with Gasteiger partial charge in [0.05, 0.1) is 5.69 Å². The maximum atomic E-state index is 4.47. The number of fused-ring (bicyclic) bond motifs is 1. The Labute approximate surface area is 131 Å². The summed E-state index contributed by atoms with van der Waals surface area (Å²) in [5.74, 6) is 0. The number of aromatic amines is 1. The third-order valence-corrected chi connectivity index (χ3v) is 4.86. The Kier molecular flexibility index (Phi) is 3.43. The molecule has 1 saturated heterocycles. The molecular formula is C19H21N3. The minimum absolute atomic E-state index is 0.678.